The first-order valence-corrected chi connectivity index (χ1v) is 7.09. The summed E-state index contributed by atoms with van der Waals surface area (Å²) in [6.07, 6.45) is 0.293. The van der Waals surface area contributed by atoms with E-state index in [0.717, 1.165) is 5.39 Å². The van der Waals surface area contributed by atoms with Crippen molar-refractivity contribution in [2.75, 3.05) is 0 Å². The van der Waals surface area contributed by atoms with Gasteiger partial charge in [0, 0.05) is 16.0 Å². The van der Waals surface area contributed by atoms with Crippen LogP contribution in [0.15, 0.2) is 52.9 Å². The van der Waals surface area contributed by atoms with Crippen LogP contribution in [0.2, 0.25) is 5.02 Å². The Kier molecular flexibility index (Phi) is 3.47. The number of hydrogen-bond acceptors (Lipinski definition) is 2. The number of fused-ring (bicyclic) bond motifs is 1. The maximum absolute atomic E-state index is 14.1. The minimum absolute atomic E-state index is 0.206. The van der Waals surface area contributed by atoms with Crippen molar-refractivity contribution < 1.29 is 13.9 Å². The van der Waals surface area contributed by atoms with Crippen LogP contribution in [0.3, 0.4) is 0 Å². The third kappa shape index (κ3) is 2.33. The van der Waals surface area contributed by atoms with Crippen LogP contribution >= 0.6 is 11.6 Å². The first-order chi connectivity index (χ1) is 10.0. The molecule has 21 heavy (non-hydrogen) atoms. The molecule has 1 N–H and O–H groups in total. The predicted molar refractivity (Wildman–Crippen MR) is 80.9 cm³/mol. The number of aliphatic hydroxyl groups is 1. The van der Waals surface area contributed by atoms with E-state index >= 15 is 0 Å². The number of hydrogen-bond donors (Lipinski definition) is 1. The van der Waals surface area contributed by atoms with Crippen LogP contribution in [0.4, 0.5) is 4.39 Å². The van der Waals surface area contributed by atoms with Gasteiger partial charge in [0.1, 0.15) is 22.8 Å². The first kappa shape index (κ1) is 14.1. The van der Waals surface area contributed by atoms with Gasteiger partial charge >= 0.3 is 0 Å². The summed E-state index contributed by atoms with van der Waals surface area (Å²) in [7, 11) is 0. The van der Waals surface area contributed by atoms with Gasteiger partial charge in [-0.3, -0.25) is 0 Å². The minimum atomic E-state index is -1.50. The van der Waals surface area contributed by atoms with Crippen molar-refractivity contribution >= 4 is 22.6 Å². The van der Waals surface area contributed by atoms with Gasteiger partial charge < -0.3 is 9.52 Å². The maximum atomic E-state index is 14.1. The van der Waals surface area contributed by atoms with Gasteiger partial charge in [-0.1, -0.05) is 36.7 Å². The summed E-state index contributed by atoms with van der Waals surface area (Å²) < 4.78 is 19.8. The summed E-state index contributed by atoms with van der Waals surface area (Å²) in [6.45, 7) is 1.78. The molecule has 1 heterocycles. The average molecular weight is 305 g/mol. The lowest BCUT2D eigenvalue weighted by atomic mass is 9.88. The van der Waals surface area contributed by atoms with Crippen LogP contribution in [-0.4, -0.2) is 5.11 Å². The lowest BCUT2D eigenvalue weighted by molar-refractivity contribution is 0.0508. The highest BCUT2D eigenvalue weighted by Crippen LogP contribution is 2.37. The second-order valence-corrected chi connectivity index (χ2v) is 5.42. The van der Waals surface area contributed by atoms with Gasteiger partial charge in [-0.25, -0.2) is 4.39 Å². The largest absolute Gasteiger partial charge is 0.458 e. The highest BCUT2D eigenvalue weighted by Gasteiger charge is 2.35. The zero-order chi connectivity index (χ0) is 15.0. The molecule has 0 amide bonds. The molecule has 1 atom stereocenters. The topological polar surface area (TPSA) is 33.4 Å². The van der Waals surface area contributed by atoms with E-state index in [1.54, 1.807) is 49.4 Å². The van der Waals surface area contributed by atoms with Crippen LogP contribution < -0.4 is 0 Å². The summed E-state index contributed by atoms with van der Waals surface area (Å²) in [5.74, 6) is -0.146. The van der Waals surface area contributed by atoms with Gasteiger partial charge in [0.25, 0.3) is 0 Å². The van der Waals surface area contributed by atoms with Gasteiger partial charge in [0.2, 0.25) is 0 Å². The van der Waals surface area contributed by atoms with Gasteiger partial charge in [-0.2, -0.15) is 0 Å². The second kappa shape index (κ2) is 5.17. The maximum Gasteiger partial charge on any atom is 0.150 e. The summed E-state index contributed by atoms with van der Waals surface area (Å²) in [5.41, 5.74) is -0.688. The van der Waals surface area contributed by atoms with Crippen molar-refractivity contribution in [2.24, 2.45) is 0 Å². The Hall–Kier alpha value is -1.84. The highest BCUT2D eigenvalue weighted by atomic mass is 35.5. The Bertz CT molecular complexity index is 796. The molecular weight excluding hydrogens is 291 g/mol. The predicted octanol–water partition coefficient (Wildman–Crippen LogP) is 4.87. The second-order valence-electron chi connectivity index (χ2n) is 4.99. The Morgan fingerprint density at radius 2 is 1.95 bits per heavy atom. The van der Waals surface area contributed by atoms with Crippen molar-refractivity contribution in [1.82, 2.24) is 0 Å². The fourth-order valence-electron chi connectivity index (χ4n) is 2.51. The van der Waals surface area contributed by atoms with E-state index in [9.17, 15) is 9.50 Å². The van der Waals surface area contributed by atoms with Crippen LogP contribution in [0, 0.1) is 5.82 Å². The first-order valence-electron chi connectivity index (χ1n) is 6.71. The minimum Gasteiger partial charge on any atom is -0.458 e. The van der Waals surface area contributed by atoms with Crippen molar-refractivity contribution in [2.45, 2.75) is 18.9 Å². The molecule has 0 aliphatic carbocycles. The number of rotatable bonds is 3. The Labute approximate surface area is 126 Å². The molecule has 108 valence electrons. The molecule has 3 rings (SSSR count). The van der Waals surface area contributed by atoms with Crippen molar-refractivity contribution in [1.29, 1.82) is 0 Å². The molecule has 1 unspecified atom stereocenters. The van der Waals surface area contributed by atoms with Gasteiger partial charge in [0.05, 0.1) is 0 Å². The quantitative estimate of drug-likeness (QED) is 0.749. The molecule has 1 aromatic heterocycles. The lowest BCUT2D eigenvalue weighted by Crippen LogP contribution is -2.27. The van der Waals surface area contributed by atoms with E-state index in [1.807, 2.05) is 0 Å². The smallest absolute Gasteiger partial charge is 0.150 e. The highest BCUT2D eigenvalue weighted by molar-refractivity contribution is 6.31. The Morgan fingerprint density at radius 3 is 2.67 bits per heavy atom. The SMILES string of the molecule is CCC(O)(c1cc2cc(Cl)ccc2o1)c1ccccc1F. The van der Waals surface area contributed by atoms with Crippen LogP contribution in [0.1, 0.15) is 24.7 Å². The van der Waals surface area contributed by atoms with Crippen LogP contribution in [0.25, 0.3) is 11.0 Å². The molecule has 4 heteroatoms. The Balaban J connectivity index is 2.19. The van der Waals surface area contributed by atoms with Crippen molar-refractivity contribution in [3.8, 4) is 0 Å². The third-order valence-corrected chi connectivity index (χ3v) is 3.95. The molecule has 2 nitrogen and oxygen atoms in total. The molecule has 0 bridgehead atoms. The van der Waals surface area contributed by atoms with Crippen LogP contribution in [-0.2, 0) is 5.60 Å². The lowest BCUT2D eigenvalue weighted by Gasteiger charge is -2.25. The van der Waals surface area contributed by atoms with E-state index in [4.69, 9.17) is 16.0 Å². The summed E-state index contributed by atoms with van der Waals surface area (Å²) >= 11 is 5.95. The fourth-order valence-corrected chi connectivity index (χ4v) is 2.69. The standard InChI is InChI=1S/C17H14ClFO2/c1-2-17(20,13-5-3-4-6-14(13)19)16-10-11-9-12(18)7-8-15(11)21-16/h3-10,20H,2H2,1H3. The van der Waals surface area contributed by atoms with Crippen LogP contribution in [0.5, 0.6) is 0 Å². The normalized spacial score (nSPS) is 14.3. The van der Waals surface area contributed by atoms with E-state index in [0.29, 0.717) is 22.8 Å². The summed E-state index contributed by atoms with van der Waals surface area (Å²) in [4.78, 5) is 0. The van der Waals surface area contributed by atoms with Gasteiger partial charge in [0.15, 0.2) is 0 Å². The molecule has 0 aliphatic rings. The average Bonchev–Trinajstić information content (AvgIpc) is 2.90. The number of halogens is 2. The molecule has 0 saturated heterocycles. The van der Waals surface area contributed by atoms with E-state index in [1.165, 1.54) is 6.07 Å². The van der Waals surface area contributed by atoms with Crippen molar-refractivity contribution in [3.63, 3.8) is 0 Å². The van der Waals surface area contributed by atoms with Gasteiger partial charge in [-0.15, -0.1) is 0 Å². The van der Waals surface area contributed by atoms with Gasteiger partial charge in [-0.05, 0) is 36.8 Å². The van der Waals surface area contributed by atoms with E-state index in [-0.39, 0.29) is 5.56 Å². The zero-order valence-corrected chi connectivity index (χ0v) is 12.2. The summed E-state index contributed by atoms with van der Waals surface area (Å²) in [6, 6.07) is 13.1. The number of benzene rings is 2. The monoisotopic (exact) mass is 304 g/mol. The summed E-state index contributed by atoms with van der Waals surface area (Å²) in [5, 5.41) is 12.3. The number of furan rings is 1. The zero-order valence-electron chi connectivity index (χ0n) is 11.4. The molecule has 0 fully saturated rings. The molecular formula is C17H14ClFO2. The molecule has 0 radical (unpaired) electrons. The molecule has 0 aliphatic heterocycles. The van der Waals surface area contributed by atoms with E-state index in [2.05, 4.69) is 0 Å². The van der Waals surface area contributed by atoms with Crippen molar-refractivity contribution in [3.05, 3.63) is 70.7 Å². The molecule has 0 spiro atoms. The molecule has 3 aromatic rings. The van der Waals surface area contributed by atoms with E-state index < -0.39 is 11.4 Å². The molecule has 0 saturated carbocycles. The third-order valence-electron chi connectivity index (χ3n) is 3.72. The fraction of sp³-hybridized carbons (Fsp3) is 0.176. The Morgan fingerprint density at radius 1 is 1.19 bits per heavy atom. The molecule has 2 aromatic carbocycles.